The quantitative estimate of drug-likeness (QED) is 0.182. The van der Waals surface area contributed by atoms with Gasteiger partial charge in [-0.3, -0.25) is 0 Å². The first kappa shape index (κ1) is 12.7. The number of hydrogen-bond donors (Lipinski definition) is 9. The highest BCUT2D eigenvalue weighted by molar-refractivity contribution is 5.10. The third kappa shape index (κ3) is 1.30. The van der Waals surface area contributed by atoms with E-state index in [-0.39, 0.29) is 0 Å². The van der Waals surface area contributed by atoms with Crippen molar-refractivity contribution in [2.45, 2.75) is 35.7 Å². The fourth-order valence-electron chi connectivity index (χ4n) is 1.33. The van der Waals surface area contributed by atoms with Gasteiger partial charge >= 0.3 is 0 Å². The molecule has 1 unspecified atom stereocenters. The predicted octanol–water partition coefficient (Wildman–Crippen LogP) is -5.87. The van der Waals surface area contributed by atoms with Crippen LogP contribution < -0.4 is 0 Å². The molecule has 0 heterocycles. The second-order valence-electron chi connectivity index (χ2n) is 3.50. The first-order valence-corrected chi connectivity index (χ1v) is 3.86. The Bertz CT molecular complexity index is 235. The molecular weight excluding hydrogens is 216 g/mol. The third-order valence-corrected chi connectivity index (χ3v) is 2.50. The number of hydrogen-bond acceptors (Lipinski definition) is 9. The van der Waals surface area contributed by atoms with Crippen molar-refractivity contribution < 1.29 is 46.0 Å². The molecule has 1 aliphatic rings. The predicted molar refractivity (Wildman–Crippen MR) is 39.5 cm³/mol. The number of rotatable bonds is 0. The van der Waals surface area contributed by atoms with Crippen molar-refractivity contribution in [2.75, 3.05) is 0 Å². The molecule has 0 saturated heterocycles. The highest BCUT2D eigenvalue weighted by Crippen LogP contribution is 2.39. The van der Waals surface area contributed by atoms with Gasteiger partial charge in [0.2, 0.25) is 0 Å². The van der Waals surface area contributed by atoms with Crippen LogP contribution in [0.15, 0.2) is 0 Å². The summed E-state index contributed by atoms with van der Waals surface area (Å²) in [6, 6.07) is 0. The van der Waals surface area contributed by atoms with Gasteiger partial charge in [0.15, 0.2) is 0 Å². The van der Waals surface area contributed by atoms with Crippen molar-refractivity contribution in [2.24, 2.45) is 0 Å². The van der Waals surface area contributed by atoms with Gasteiger partial charge in [-0.25, -0.2) is 0 Å². The lowest BCUT2D eigenvalue weighted by Gasteiger charge is -2.52. The molecular formula is C6H12O9. The Kier molecular flexibility index (Phi) is 2.60. The van der Waals surface area contributed by atoms with E-state index in [0.717, 1.165) is 0 Å². The van der Waals surface area contributed by atoms with Crippen LogP contribution in [-0.2, 0) is 0 Å². The van der Waals surface area contributed by atoms with Crippen molar-refractivity contribution in [1.82, 2.24) is 0 Å². The summed E-state index contributed by atoms with van der Waals surface area (Å²) < 4.78 is 0. The topological polar surface area (TPSA) is 182 Å². The molecule has 3 atom stereocenters. The minimum absolute atomic E-state index is 2.39. The molecule has 9 N–H and O–H groups in total. The van der Waals surface area contributed by atoms with E-state index in [1.165, 1.54) is 0 Å². The molecule has 0 bridgehead atoms. The van der Waals surface area contributed by atoms with Gasteiger partial charge in [-0.2, -0.15) is 0 Å². The average molecular weight is 228 g/mol. The lowest BCUT2D eigenvalue weighted by atomic mass is 9.77. The zero-order valence-electron chi connectivity index (χ0n) is 7.26. The number of aliphatic hydroxyl groups excluding tert-OH is 3. The van der Waals surface area contributed by atoms with E-state index in [2.05, 4.69) is 0 Å². The molecule has 0 radical (unpaired) electrons. The third-order valence-electron chi connectivity index (χ3n) is 2.50. The summed E-state index contributed by atoms with van der Waals surface area (Å²) >= 11 is 0. The molecule has 15 heavy (non-hydrogen) atoms. The van der Waals surface area contributed by atoms with Crippen LogP contribution in [0.5, 0.6) is 0 Å². The van der Waals surface area contributed by atoms with Gasteiger partial charge in [0, 0.05) is 0 Å². The van der Waals surface area contributed by atoms with E-state index >= 15 is 0 Å². The molecule has 90 valence electrons. The maximum atomic E-state index is 9.01. The lowest BCUT2D eigenvalue weighted by molar-refractivity contribution is -0.508. The van der Waals surface area contributed by atoms with Crippen LogP contribution in [0.3, 0.4) is 0 Å². The van der Waals surface area contributed by atoms with Crippen LogP contribution in [0.4, 0.5) is 0 Å². The second kappa shape index (κ2) is 3.07. The molecule has 1 rings (SSSR count). The highest BCUT2D eigenvalue weighted by Gasteiger charge is 2.74. The molecule has 1 aliphatic carbocycles. The lowest BCUT2D eigenvalue weighted by Crippen LogP contribution is -2.83. The summed E-state index contributed by atoms with van der Waals surface area (Å²) in [5, 5.41) is 81.0. The first-order chi connectivity index (χ1) is 6.48. The standard InChI is InChI=1S/C6H12O9/c7-1-2(8)4(10,11)6(14,15)5(12,13)3(1)9/h1-3,7-15H/t1?,2-,3+. The zero-order valence-corrected chi connectivity index (χ0v) is 7.26. The van der Waals surface area contributed by atoms with Gasteiger partial charge in [0.25, 0.3) is 17.4 Å². The zero-order chi connectivity index (χ0) is 12.2. The van der Waals surface area contributed by atoms with E-state index < -0.39 is 35.7 Å². The normalized spacial score (nSPS) is 42.6. The van der Waals surface area contributed by atoms with Gasteiger partial charge in [-0.05, 0) is 0 Å². The molecule has 0 aliphatic heterocycles. The fraction of sp³-hybridized carbons (Fsp3) is 1.00. The Hall–Kier alpha value is -0.360. The average Bonchev–Trinajstić information content (AvgIpc) is 2.12. The van der Waals surface area contributed by atoms with Crippen molar-refractivity contribution >= 4 is 0 Å². The van der Waals surface area contributed by atoms with E-state index in [9.17, 15) is 0 Å². The van der Waals surface area contributed by atoms with Crippen molar-refractivity contribution in [3.8, 4) is 0 Å². The molecule has 9 heteroatoms. The molecule has 9 nitrogen and oxygen atoms in total. The molecule has 0 amide bonds. The van der Waals surface area contributed by atoms with Gasteiger partial charge in [0.05, 0.1) is 0 Å². The Morgan fingerprint density at radius 2 is 0.867 bits per heavy atom. The second-order valence-corrected chi connectivity index (χ2v) is 3.50. The van der Waals surface area contributed by atoms with Crippen LogP contribution in [0.2, 0.25) is 0 Å². The van der Waals surface area contributed by atoms with Crippen LogP contribution >= 0.6 is 0 Å². The molecule has 0 aromatic rings. The Morgan fingerprint density at radius 1 is 0.600 bits per heavy atom. The molecule has 0 spiro atoms. The molecule has 0 aromatic carbocycles. The smallest absolute Gasteiger partial charge is 0.279 e. The van der Waals surface area contributed by atoms with E-state index in [4.69, 9.17) is 46.0 Å². The summed E-state index contributed by atoms with van der Waals surface area (Å²) in [6.07, 6.45) is -7.59. The SMILES string of the molecule is OC1[C@@H](O)C(O)(O)C(O)(O)C(O)(O)[C@H]1O. The summed E-state index contributed by atoms with van der Waals surface area (Å²) in [5.41, 5.74) is 0. The monoisotopic (exact) mass is 228 g/mol. The van der Waals surface area contributed by atoms with Gasteiger partial charge in [-0.15, -0.1) is 0 Å². The molecule has 1 fully saturated rings. The Morgan fingerprint density at radius 3 is 1.13 bits per heavy atom. The van der Waals surface area contributed by atoms with Crippen molar-refractivity contribution in [3.05, 3.63) is 0 Å². The van der Waals surface area contributed by atoms with Crippen LogP contribution in [0, 0.1) is 0 Å². The summed E-state index contributed by atoms with van der Waals surface area (Å²) in [4.78, 5) is 0. The minimum atomic E-state index is -4.04. The summed E-state index contributed by atoms with van der Waals surface area (Å²) in [6.45, 7) is 0. The Labute approximate surface area is 82.7 Å². The summed E-state index contributed by atoms with van der Waals surface area (Å²) in [5.74, 6) is -11.7. The highest BCUT2D eigenvalue weighted by atomic mass is 16.7. The first-order valence-electron chi connectivity index (χ1n) is 3.86. The van der Waals surface area contributed by atoms with Crippen LogP contribution in [0.25, 0.3) is 0 Å². The molecule has 0 aromatic heterocycles. The fourth-order valence-corrected chi connectivity index (χ4v) is 1.33. The Balaban J connectivity index is 3.27. The van der Waals surface area contributed by atoms with E-state index in [1.54, 1.807) is 0 Å². The van der Waals surface area contributed by atoms with Crippen LogP contribution in [-0.4, -0.2) is 81.6 Å². The maximum Gasteiger partial charge on any atom is 0.279 e. The minimum Gasteiger partial charge on any atom is -0.387 e. The van der Waals surface area contributed by atoms with Crippen molar-refractivity contribution in [1.29, 1.82) is 0 Å². The molecule has 1 saturated carbocycles. The van der Waals surface area contributed by atoms with Gasteiger partial charge in [-0.1, -0.05) is 0 Å². The van der Waals surface area contributed by atoms with Crippen molar-refractivity contribution in [3.63, 3.8) is 0 Å². The maximum absolute atomic E-state index is 9.01. The van der Waals surface area contributed by atoms with Gasteiger partial charge < -0.3 is 46.0 Å². The number of aliphatic hydroxyl groups is 9. The van der Waals surface area contributed by atoms with Crippen LogP contribution in [0.1, 0.15) is 0 Å². The van der Waals surface area contributed by atoms with Gasteiger partial charge in [0.1, 0.15) is 18.3 Å². The van der Waals surface area contributed by atoms with E-state index in [0.29, 0.717) is 0 Å². The largest absolute Gasteiger partial charge is 0.387 e. The summed E-state index contributed by atoms with van der Waals surface area (Å²) in [7, 11) is 0. The van der Waals surface area contributed by atoms with E-state index in [1.807, 2.05) is 0 Å².